The molecule has 2 rings (SSSR count). The van der Waals surface area contributed by atoms with Crippen molar-refractivity contribution in [1.82, 2.24) is 4.90 Å². The number of nitrogens with one attached hydrogen (secondary N) is 1. The van der Waals surface area contributed by atoms with E-state index in [-0.39, 0.29) is 17.3 Å². The van der Waals surface area contributed by atoms with Gasteiger partial charge in [-0.3, -0.25) is 19.8 Å². The van der Waals surface area contributed by atoms with Crippen molar-refractivity contribution >= 4 is 17.3 Å². The first-order chi connectivity index (χ1) is 10.5. The number of nitro benzene ring substituents is 1. The minimum absolute atomic E-state index is 0.0696. The van der Waals surface area contributed by atoms with Crippen molar-refractivity contribution < 1.29 is 14.5 Å². The number of non-ortho nitro benzene ring substituents is 1. The topological polar surface area (TPSA) is 84.7 Å². The summed E-state index contributed by atoms with van der Waals surface area (Å²) >= 11 is 0. The van der Waals surface area contributed by atoms with Crippen molar-refractivity contribution in [2.24, 2.45) is 5.92 Å². The van der Waals surface area contributed by atoms with Crippen molar-refractivity contribution in [2.75, 3.05) is 32.1 Å². The Labute approximate surface area is 129 Å². The average molecular weight is 307 g/mol. The molecule has 1 fully saturated rings. The van der Waals surface area contributed by atoms with Gasteiger partial charge in [0.15, 0.2) is 0 Å². The maximum atomic E-state index is 12.1. The van der Waals surface area contributed by atoms with Crippen LogP contribution in [0.3, 0.4) is 0 Å². The predicted octanol–water partition coefficient (Wildman–Crippen LogP) is 2.27. The van der Waals surface area contributed by atoms with E-state index in [1.165, 1.54) is 25.3 Å². The Balaban J connectivity index is 1.97. The van der Waals surface area contributed by atoms with Crippen LogP contribution in [0.25, 0.3) is 0 Å². The van der Waals surface area contributed by atoms with Gasteiger partial charge < -0.3 is 10.1 Å². The van der Waals surface area contributed by atoms with Gasteiger partial charge in [0.05, 0.1) is 30.3 Å². The standard InChI is InChI=1S/C15H21N3O4/c1-11-5-7-17(8-6-11)10-15(19)16-13-4-3-12(18(20)21)9-14(13)22-2/h3-4,9,11H,5-8,10H2,1-2H3,(H,16,19). The molecule has 1 heterocycles. The number of nitrogens with zero attached hydrogens (tertiary/aromatic N) is 2. The molecule has 0 unspecified atom stereocenters. The number of anilines is 1. The molecule has 1 aliphatic rings. The third-order valence-corrected chi connectivity index (χ3v) is 3.91. The Kier molecular flexibility index (Phi) is 5.32. The fraction of sp³-hybridized carbons (Fsp3) is 0.533. The summed E-state index contributed by atoms with van der Waals surface area (Å²) in [7, 11) is 1.42. The molecule has 0 aliphatic carbocycles. The first-order valence-electron chi connectivity index (χ1n) is 7.34. The molecule has 0 bridgehead atoms. The van der Waals surface area contributed by atoms with E-state index < -0.39 is 4.92 Å². The molecule has 0 saturated carbocycles. The van der Waals surface area contributed by atoms with Gasteiger partial charge in [0.2, 0.25) is 5.91 Å². The third kappa shape index (κ3) is 4.17. The number of ether oxygens (including phenoxy) is 1. The highest BCUT2D eigenvalue weighted by atomic mass is 16.6. The molecule has 1 N–H and O–H groups in total. The Hall–Kier alpha value is -2.15. The molecule has 7 nitrogen and oxygen atoms in total. The van der Waals surface area contributed by atoms with Crippen LogP contribution in [0.4, 0.5) is 11.4 Å². The molecule has 1 aliphatic heterocycles. The van der Waals surface area contributed by atoms with Gasteiger partial charge in [-0.05, 0) is 37.9 Å². The Bertz CT molecular complexity index is 554. The van der Waals surface area contributed by atoms with Crippen LogP contribution in [0.5, 0.6) is 5.75 Å². The summed E-state index contributed by atoms with van der Waals surface area (Å²) < 4.78 is 5.11. The van der Waals surface area contributed by atoms with E-state index in [4.69, 9.17) is 4.74 Å². The molecular weight excluding hydrogens is 286 g/mol. The van der Waals surface area contributed by atoms with E-state index in [2.05, 4.69) is 17.1 Å². The Morgan fingerprint density at radius 3 is 2.73 bits per heavy atom. The number of methoxy groups -OCH3 is 1. The zero-order valence-corrected chi connectivity index (χ0v) is 12.9. The zero-order chi connectivity index (χ0) is 16.1. The molecule has 0 atom stereocenters. The molecule has 120 valence electrons. The van der Waals surface area contributed by atoms with Gasteiger partial charge in [-0.15, -0.1) is 0 Å². The molecule has 7 heteroatoms. The number of amides is 1. The van der Waals surface area contributed by atoms with Gasteiger partial charge >= 0.3 is 0 Å². The van der Waals surface area contributed by atoms with E-state index in [1.54, 1.807) is 0 Å². The van der Waals surface area contributed by atoms with Crippen LogP contribution in [-0.2, 0) is 4.79 Å². The van der Waals surface area contributed by atoms with E-state index in [1.807, 2.05) is 0 Å². The lowest BCUT2D eigenvalue weighted by atomic mass is 9.99. The van der Waals surface area contributed by atoms with Crippen molar-refractivity contribution in [2.45, 2.75) is 19.8 Å². The van der Waals surface area contributed by atoms with Crippen LogP contribution in [0, 0.1) is 16.0 Å². The fourth-order valence-corrected chi connectivity index (χ4v) is 2.51. The van der Waals surface area contributed by atoms with Crippen molar-refractivity contribution in [1.29, 1.82) is 0 Å². The summed E-state index contributed by atoms with van der Waals surface area (Å²) in [5.41, 5.74) is 0.378. The first-order valence-corrected chi connectivity index (χ1v) is 7.34. The molecule has 1 amide bonds. The lowest BCUT2D eigenvalue weighted by Crippen LogP contribution is -2.38. The molecule has 22 heavy (non-hydrogen) atoms. The third-order valence-electron chi connectivity index (χ3n) is 3.91. The maximum Gasteiger partial charge on any atom is 0.273 e. The first kappa shape index (κ1) is 16.2. The van der Waals surface area contributed by atoms with Crippen LogP contribution in [0.15, 0.2) is 18.2 Å². The number of benzene rings is 1. The smallest absolute Gasteiger partial charge is 0.273 e. The summed E-state index contributed by atoms with van der Waals surface area (Å²) in [6.45, 7) is 4.39. The van der Waals surface area contributed by atoms with Gasteiger partial charge in [0.25, 0.3) is 5.69 Å². The number of nitro groups is 1. The highest BCUT2D eigenvalue weighted by Crippen LogP contribution is 2.29. The monoisotopic (exact) mass is 307 g/mol. The number of carbonyl (C=O) groups is 1. The lowest BCUT2D eigenvalue weighted by Gasteiger charge is -2.29. The average Bonchev–Trinajstić information content (AvgIpc) is 2.49. The van der Waals surface area contributed by atoms with Crippen molar-refractivity contribution in [3.63, 3.8) is 0 Å². The summed E-state index contributed by atoms with van der Waals surface area (Å²) in [5, 5.41) is 13.5. The predicted molar refractivity (Wildman–Crippen MR) is 83.1 cm³/mol. The second-order valence-corrected chi connectivity index (χ2v) is 5.65. The normalized spacial score (nSPS) is 16.3. The Morgan fingerprint density at radius 1 is 1.45 bits per heavy atom. The molecule has 0 spiro atoms. The van der Waals surface area contributed by atoms with Crippen molar-refractivity contribution in [3.8, 4) is 5.75 Å². The second kappa shape index (κ2) is 7.22. The van der Waals surface area contributed by atoms with Crippen LogP contribution in [0.1, 0.15) is 19.8 Å². The summed E-state index contributed by atoms with van der Waals surface area (Å²) in [4.78, 5) is 24.5. The van der Waals surface area contributed by atoms with Gasteiger partial charge in [-0.25, -0.2) is 0 Å². The number of rotatable bonds is 5. The van der Waals surface area contributed by atoms with Crippen LogP contribution < -0.4 is 10.1 Å². The minimum Gasteiger partial charge on any atom is -0.494 e. The molecular formula is C15H21N3O4. The highest BCUT2D eigenvalue weighted by Gasteiger charge is 2.19. The van der Waals surface area contributed by atoms with E-state index in [9.17, 15) is 14.9 Å². The van der Waals surface area contributed by atoms with E-state index in [0.717, 1.165) is 25.9 Å². The van der Waals surface area contributed by atoms with Gasteiger partial charge in [-0.2, -0.15) is 0 Å². The number of hydrogen-bond acceptors (Lipinski definition) is 5. The van der Waals surface area contributed by atoms with Crippen LogP contribution in [-0.4, -0.2) is 42.5 Å². The SMILES string of the molecule is COc1cc([N+](=O)[O-])ccc1NC(=O)CN1CCC(C)CC1. The number of piperidine rings is 1. The number of hydrogen-bond donors (Lipinski definition) is 1. The zero-order valence-electron chi connectivity index (χ0n) is 12.9. The van der Waals surface area contributed by atoms with E-state index in [0.29, 0.717) is 18.2 Å². The molecule has 0 aromatic heterocycles. The Morgan fingerprint density at radius 2 is 2.14 bits per heavy atom. The molecule has 0 radical (unpaired) electrons. The van der Waals surface area contributed by atoms with Crippen LogP contribution in [0.2, 0.25) is 0 Å². The fourth-order valence-electron chi connectivity index (χ4n) is 2.51. The highest BCUT2D eigenvalue weighted by molar-refractivity contribution is 5.93. The van der Waals surface area contributed by atoms with Crippen LogP contribution >= 0.6 is 0 Å². The number of likely N-dealkylation sites (tertiary alicyclic amines) is 1. The number of carbonyl (C=O) groups excluding carboxylic acids is 1. The second-order valence-electron chi connectivity index (χ2n) is 5.65. The van der Waals surface area contributed by atoms with E-state index >= 15 is 0 Å². The quantitative estimate of drug-likeness (QED) is 0.666. The van der Waals surface area contributed by atoms with Gasteiger partial charge in [0, 0.05) is 6.07 Å². The minimum atomic E-state index is -0.497. The molecule has 1 saturated heterocycles. The molecule has 1 aromatic rings. The summed E-state index contributed by atoms with van der Waals surface area (Å²) in [6, 6.07) is 4.14. The largest absolute Gasteiger partial charge is 0.494 e. The van der Waals surface area contributed by atoms with Gasteiger partial charge in [-0.1, -0.05) is 6.92 Å². The summed E-state index contributed by atoms with van der Waals surface area (Å²) in [6.07, 6.45) is 2.21. The van der Waals surface area contributed by atoms with Crippen molar-refractivity contribution in [3.05, 3.63) is 28.3 Å². The van der Waals surface area contributed by atoms with Gasteiger partial charge in [0.1, 0.15) is 5.75 Å². The maximum absolute atomic E-state index is 12.1. The lowest BCUT2D eigenvalue weighted by molar-refractivity contribution is -0.384. The molecule has 1 aromatic carbocycles. The summed E-state index contributed by atoms with van der Waals surface area (Å²) in [5.74, 6) is 0.866.